The second-order valence-corrected chi connectivity index (χ2v) is 3.97. The van der Waals surface area contributed by atoms with Crippen molar-refractivity contribution in [1.82, 2.24) is 4.90 Å². The van der Waals surface area contributed by atoms with E-state index in [-0.39, 0.29) is 0 Å². The molecule has 1 saturated carbocycles. The molecule has 1 fully saturated rings. The van der Waals surface area contributed by atoms with Gasteiger partial charge in [0.25, 0.3) is 0 Å². The summed E-state index contributed by atoms with van der Waals surface area (Å²) in [6, 6.07) is 1.99. The van der Waals surface area contributed by atoms with Gasteiger partial charge in [0.1, 0.15) is 0 Å². The van der Waals surface area contributed by atoms with Crippen LogP contribution in [-0.4, -0.2) is 29.6 Å². The second kappa shape index (κ2) is 4.24. The third-order valence-electron chi connectivity index (χ3n) is 3.14. The maximum atomic E-state index is 5.78. The van der Waals surface area contributed by atoms with Gasteiger partial charge in [-0.3, -0.25) is 4.90 Å². The lowest BCUT2D eigenvalue weighted by Gasteiger charge is -2.43. The Bertz CT molecular complexity index is 130. The molecule has 1 aliphatic rings. The molecule has 0 aromatic rings. The molecule has 1 rings (SSSR count). The van der Waals surface area contributed by atoms with Crippen LogP contribution in [0.4, 0.5) is 0 Å². The first-order chi connectivity index (χ1) is 5.69. The van der Waals surface area contributed by atoms with Crippen LogP contribution < -0.4 is 5.73 Å². The molecule has 1 unspecified atom stereocenters. The first-order valence-corrected chi connectivity index (χ1v) is 5.20. The Morgan fingerprint density at radius 3 is 2.33 bits per heavy atom. The fourth-order valence-corrected chi connectivity index (χ4v) is 2.06. The molecule has 0 radical (unpaired) electrons. The minimum atomic E-state index is 0.480. The molecular weight excluding hydrogens is 148 g/mol. The van der Waals surface area contributed by atoms with E-state index in [9.17, 15) is 0 Å². The molecule has 2 heteroatoms. The van der Waals surface area contributed by atoms with Gasteiger partial charge in [0, 0.05) is 18.1 Å². The summed E-state index contributed by atoms with van der Waals surface area (Å²) in [5.74, 6) is 0. The molecule has 0 saturated heterocycles. The highest BCUT2D eigenvalue weighted by molar-refractivity contribution is 4.90. The van der Waals surface area contributed by atoms with Gasteiger partial charge in [-0.1, -0.05) is 13.8 Å². The largest absolute Gasteiger partial charge is 0.328 e. The zero-order valence-corrected chi connectivity index (χ0v) is 8.59. The van der Waals surface area contributed by atoms with Crippen molar-refractivity contribution in [3.63, 3.8) is 0 Å². The lowest BCUT2D eigenvalue weighted by Crippen LogP contribution is -2.53. The molecule has 0 bridgehead atoms. The van der Waals surface area contributed by atoms with E-state index in [1.165, 1.54) is 25.8 Å². The van der Waals surface area contributed by atoms with Crippen molar-refractivity contribution < 1.29 is 0 Å². The summed E-state index contributed by atoms with van der Waals surface area (Å²) in [6.45, 7) is 7.99. The summed E-state index contributed by atoms with van der Waals surface area (Å²) in [7, 11) is 0. The fraction of sp³-hybridized carbons (Fsp3) is 1.00. The number of nitrogens with zero attached hydrogens (tertiary/aromatic N) is 1. The Morgan fingerprint density at radius 2 is 2.00 bits per heavy atom. The molecule has 0 aromatic carbocycles. The molecule has 0 amide bonds. The van der Waals surface area contributed by atoms with Gasteiger partial charge in [0.2, 0.25) is 0 Å². The Morgan fingerprint density at radius 1 is 1.42 bits per heavy atom. The smallest absolute Gasteiger partial charge is 0.0127 e. The van der Waals surface area contributed by atoms with E-state index in [1.54, 1.807) is 0 Å². The van der Waals surface area contributed by atoms with E-state index in [1.807, 2.05) is 0 Å². The van der Waals surface area contributed by atoms with Gasteiger partial charge in [-0.2, -0.15) is 0 Å². The Kier molecular flexibility index (Phi) is 3.53. The summed E-state index contributed by atoms with van der Waals surface area (Å²) in [5.41, 5.74) is 5.78. The van der Waals surface area contributed by atoms with Crippen molar-refractivity contribution >= 4 is 0 Å². The summed E-state index contributed by atoms with van der Waals surface area (Å²) >= 11 is 0. The zero-order chi connectivity index (χ0) is 9.14. The highest BCUT2D eigenvalue weighted by atomic mass is 15.2. The van der Waals surface area contributed by atoms with Crippen molar-refractivity contribution in [3.05, 3.63) is 0 Å². The lowest BCUT2D eigenvalue weighted by molar-refractivity contribution is 0.0777. The quantitative estimate of drug-likeness (QED) is 0.694. The van der Waals surface area contributed by atoms with Crippen LogP contribution in [0.5, 0.6) is 0 Å². The second-order valence-electron chi connectivity index (χ2n) is 3.97. The molecule has 1 atom stereocenters. The molecular formula is C10H22N2. The average molecular weight is 170 g/mol. The predicted molar refractivity (Wildman–Crippen MR) is 53.1 cm³/mol. The molecule has 1 aliphatic carbocycles. The first kappa shape index (κ1) is 10.0. The van der Waals surface area contributed by atoms with Crippen LogP contribution in [0.3, 0.4) is 0 Å². The molecule has 2 N–H and O–H groups in total. The number of rotatable bonds is 4. The van der Waals surface area contributed by atoms with Gasteiger partial charge in [-0.05, 0) is 32.7 Å². The zero-order valence-electron chi connectivity index (χ0n) is 8.59. The van der Waals surface area contributed by atoms with Gasteiger partial charge in [0.15, 0.2) is 0 Å². The van der Waals surface area contributed by atoms with E-state index in [4.69, 9.17) is 5.73 Å². The van der Waals surface area contributed by atoms with Crippen LogP contribution in [-0.2, 0) is 0 Å². The molecule has 0 aliphatic heterocycles. The van der Waals surface area contributed by atoms with Crippen LogP contribution in [0, 0.1) is 0 Å². The number of hydrogen-bond acceptors (Lipinski definition) is 2. The van der Waals surface area contributed by atoms with E-state index >= 15 is 0 Å². The summed E-state index contributed by atoms with van der Waals surface area (Å²) < 4.78 is 0. The molecule has 0 spiro atoms. The third-order valence-corrected chi connectivity index (χ3v) is 3.14. The van der Waals surface area contributed by atoms with E-state index in [0.717, 1.165) is 12.1 Å². The van der Waals surface area contributed by atoms with Gasteiger partial charge < -0.3 is 5.73 Å². The van der Waals surface area contributed by atoms with Crippen LogP contribution in [0.2, 0.25) is 0 Å². The lowest BCUT2D eigenvalue weighted by atomic mass is 9.85. The van der Waals surface area contributed by atoms with E-state index in [2.05, 4.69) is 25.7 Å². The summed E-state index contributed by atoms with van der Waals surface area (Å²) in [5, 5.41) is 0. The van der Waals surface area contributed by atoms with Crippen molar-refractivity contribution in [3.8, 4) is 0 Å². The molecule has 0 aromatic heterocycles. The number of hydrogen-bond donors (Lipinski definition) is 1. The topological polar surface area (TPSA) is 29.3 Å². The normalized spacial score (nSPS) is 31.8. The van der Waals surface area contributed by atoms with Crippen LogP contribution in [0.25, 0.3) is 0 Å². The van der Waals surface area contributed by atoms with Crippen molar-refractivity contribution in [1.29, 1.82) is 0 Å². The highest BCUT2D eigenvalue weighted by Crippen LogP contribution is 2.26. The van der Waals surface area contributed by atoms with E-state index < -0.39 is 0 Å². The predicted octanol–water partition coefficient (Wildman–Crippen LogP) is 1.60. The fourth-order valence-electron chi connectivity index (χ4n) is 2.06. The Labute approximate surface area is 76.1 Å². The van der Waals surface area contributed by atoms with Crippen molar-refractivity contribution in [2.45, 2.75) is 58.2 Å². The standard InChI is InChI=1S/C10H22N2/c1-4-8(3)12(5-2)10-6-9(11)7-10/h8-10H,4-7,11H2,1-3H3. The minimum Gasteiger partial charge on any atom is -0.328 e. The minimum absolute atomic E-state index is 0.480. The van der Waals surface area contributed by atoms with Crippen molar-refractivity contribution in [2.75, 3.05) is 6.54 Å². The maximum absolute atomic E-state index is 5.78. The Hall–Kier alpha value is -0.0800. The number of nitrogens with two attached hydrogens (primary N) is 1. The Balaban J connectivity index is 2.35. The molecule has 2 nitrogen and oxygen atoms in total. The van der Waals surface area contributed by atoms with Gasteiger partial charge >= 0.3 is 0 Å². The van der Waals surface area contributed by atoms with Crippen LogP contribution >= 0.6 is 0 Å². The first-order valence-electron chi connectivity index (χ1n) is 5.20. The highest BCUT2D eigenvalue weighted by Gasteiger charge is 2.31. The summed E-state index contributed by atoms with van der Waals surface area (Å²) in [4.78, 5) is 2.59. The molecule has 72 valence electrons. The van der Waals surface area contributed by atoms with E-state index in [0.29, 0.717) is 6.04 Å². The summed E-state index contributed by atoms with van der Waals surface area (Å²) in [6.07, 6.45) is 3.66. The molecule has 12 heavy (non-hydrogen) atoms. The SMILES string of the molecule is CCC(C)N(CC)C1CC(N)C1. The van der Waals surface area contributed by atoms with Gasteiger partial charge in [-0.25, -0.2) is 0 Å². The maximum Gasteiger partial charge on any atom is 0.0127 e. The molecule has 0 heterocycles. The monoisotopic (exact) mass is 170 g/mol. The third kappa shape index (κ3) is 1.99. The van der Waals surface area contributed by atoms with Crippen molar-refractivity contribution in [2.24, 2.45) is 5.73 Å². The van der Waals surface area contributed by atoms with Gasteiger partial charge in [0.05, 0.1) is 0 Å². The van der Waals surface area contributed by atoms with Gasteiger partial charge in [-0.15, -0.1) is 0 Å². The van der Waals surface area contributed by atoms with Crippen LogP contribution in [0.1, 0.15) is 40.0 Å². The average Bonchev–Trinajstić information content (AvgIpc) is 2.02. The van der Waals surface area contributed by atoms with Crippen LogP contribution in [0.15, 0.2) is 0 Å².